The van der Waals surface area contributed by atoms with E-state index < -0.39 is 26.1 Å². The second-order valence-electron chi connectivity index (χ2n) is 4.57. The summed E-state index contributed by atoms with van der Waals surface area (Å²) in [4.78, 5) is 12.9. The van der Waals surface area contributed by atoms with Crippen molar-refractivity contribution in [2.75, 3.05) is 51.3 Å². The summed E-state index contributed by atoms with van der Waals surface area (Å²) in [5.74, 6) is -0.306. The van der Waals surface area contributed by atoms with E-state index in [9.17, 15) is 21.6 Å². The molecule has 0 unspecified atom stereocenters. The second-order valence-corrected chi connectivity index (χ2v) is 8.49. The van der Waals surface area contributed by atoms with E-state index in [2.05, 4.69) is 4.72 Å². The Morgan fingerprint density at radius 3 is 2.19 bits per heavy atom. The van der Waals surface area contributed by atoms with E-state index in [0.29, 0.717) is 0 Å². The number of nitrogens with one attached hydrogen (secondary N) is 1. The molecule has 0 spiro atoms. The Balaban J connectivity index is 2.47. The molecule has 0 aromatic heterocycles. The SMILES string of the molecule is CCOC(=O)N1CCN(S(=O)(=O)CCNS(C)(=O)=O)CC1. The Hall–Kier alpha value is -0.910. The lowest BCUT2D eigenvalue weighted by atomic mass is 10.4. The molecule has 1 amide bonds. The summed E-state index contributed by atoms with van der Waals surface area (Å²) < 4.78 is 54.1. The number of hydrogen-bond donors (Lipinski definition) is 1. The number of rotatable bonds is 6. The first-order valence-corrected chi connectivity index (χ1v) is 10.00. The van der Waals surface area contributed by atoms with Crippen LogP contribution < -0.4 is 4.72 Å². The van der Waals surface area contributed by atoms with Gasteiger partial charge in [-0.15, -0.1) is 0 Å². The first-order valence-electron chi connectivity index (χ1n) is 6.50. The first-order chi connectivity index (χ1) is 9.65. The van der Waals surface area contributed by atoms with E-state index in [1.54, 1.807) is 6.92 Å². The van der Waals surface area contributed by atoms with Crippen molar-refractivity contribution in [1.82, 2.24) is 13.9 Å². The molecule has 1 heterocycles. The Morgan fingerprint density at radius 2 is 1.71 bits per heavy atom. The summed E-state index contributed by atoms with van der Waals surface area (Å²) in [6, 6.07) is 0. The van der Waals surface area contributed by atoms with Crippen molar-refractivity contribution in [3.8, 4) is 0 Å². The largest absolute Gasteiger partial charge is 0.450 e. The molecule has 11 heteroatoms. The van der Waals surface area contributed by atoms with Crippen LogP contribution in [0, 0.1) is 0 Å². The molecule has 21 heavy (non-hydrogen) atoms. The number of amides is 1. The first kappa shape index (κ1) is 18.1. The van der Waals surface area contributed by atoms with Gasteiger partial charge in [-0.2, -0.15) is 4.31 Å². The summed E-state index contributed by atoms with van der Waals surface area (Å²) in [7, 11) is -6.95. The van der Waals surface area contributed by atoms with Crippen LogP contribution in [-0.2, 0) is 24.8 Å². The maximum absolute atomic E-state index is 12.0. The zero-order valence-corrected chi connectivity index (χ0v) is 13.7. The van der Waals surface area contributed by atoms with Crippen LogP contribution in [0.25, 0.3) is 0 Å². The van der Waals surface area contributed by atoms with E-state index in [-0.39, 0.29) is 45.1 Å². The van der Waals surface area contributed by atoms with Gasteiger partial charge in [-0.3, -0.25) is 0 Å². The molecule has 0 aliphatic carbocycles. The van der Waals surface area contributed by atoms with Gasteiger partial charge in [-0.25, -0.2) is 26.4 Å². The van der Waals surface area contributed by atoms with Crippen molar-refractivity contribution in [2.24, 2.45) is 0 Å². The highest BCUT2D eigenvalue weighted by molar-refractivity contribution is 7.89. The third-order valence-corrected chi connectivity index (χ3v) is 5.48. The van der Waals surface area contributed by atoms with Crippen molar-refractivity contribution >= 4 is 26.1 Å². The lowest BCUT2D eigenvalue weighted by Gasteiger charge is -2.33. The fourth-order valence-corrected chi connectivity index (χ4v) is 3.79. The molecular formula is C10H21N3O6S2. The summed E-state index contributed by atoms with van der Waals surface area (Å²) >= 11 is 0. The fourth-order valence-electron chi connectivity index (χ4n) is 1.85. The smallest absolute Gasteiger partial charge is 0.409 e. The Kier molecular flexibility index (Phi) is 6.38. The summed E-state index contributed by atoms with van der Waals surface area (Å²) in [5.41, 5.74) is 0. The van der Waals surface area contributed by atoms with Gasteiger partial charge in [-0.05, 0) is 6.92 Å². The minimum absolute atomic E-state index is 0.167. The number of nitrogens with zero attached hydrogens (tertiary/aromatic N) is 2. The number of piperazine rings is 1. The molecule has 0 atom stereocenters. The molecule has 9 nitrogen and oxygen atoms in total. The topological polar surface area (TPSA) is 113 Å². The standard InChI is InChI=1S/C10H21N3O6S2/c1-3-19-10(14)12-5-7-13(8-6-12)21(17,18)9-4-11-20(2,15)16/h11H,3-9H2,1-2H3. The number of ether oxygens (including phenoxy) is 1. The number of carbonyl (C=O) groups excluding carboxylic acids is 1. The van der Waals surface area contributed by atoms with Crippen molar-refractivity contribution in [3.63, 3.8) is 0 Å². The molecule has 0 saturated carbocycles. The predicted molar refractivity (Wildman–Crippen MR) is 76.8 cm³/mol. The number of carbonyl (C=O) groups is 1. The van der Waals surface area contributed by atoms with Crippen molar-refractivity contribution in [2.45, 2.75) is 6.92 Å². The molecule has 1 aliphatic rings. The molecule has 1 fully saturated rings. The molecule has 1 rings (SSSR count). The van der Waals surface area contributed by atoms with E-state index in [0.717, 1.165) is 6.26 Å². The van der Waals surface area contributed by atoms with Crippen LogP contribution >= 0.6 is 0 Å². The van der Waals surface area contributed by atoms with Crippen LogP contribution in [0.3, 0.4) is 0 Å². The summed E-state index contributed by atoms with van der Waals surface area (Å²) in [5, 5.41) is 0. The molecule has 0 bridgehead atoms. The molecule has 1 N–H and O–H groups in total. The van der Waals surface area contributed by atoms with E-state index in [1.807, 2.05) is 0 Å². The monoisotopic (exact) mass is 343 g/mol. The Labute approximate surface area is 125 Å². The minimum Gasteiger partial charge on any atom is -0.450 e. The lowest BCUT2D eigenvalue weighted by Crippen LogP contribution is -2.51. The normalized spacial score (nSPS) is 17.7. The van der Waals surface area contributed by atoms with Crippen LogP contribution in [0.4, 0.5) is 4.79 Å². The summed E-state index contributed by atoms with van der Waals surface area (Å²) in [6.07, 6.45) is 0.519. The van der Waals surface area contributed by atoms with Crippen LogP contribution in [0.5, 0.6) is 0 Å². The van der Waals surface area contributed by atoms with Crippen LogP contribution in [0.1, 0.15) is 6.92 Å². The van der Waals surface area contributed by atoms with E-state index in [4.69, 9.17) is 4.74 Å². The highest BCUT2D eigenvalue weighted by atomic mass is 32.2. The maximum Gasteiger partial charge on any atom is 0.409 e. The maximum atomic E-state index is 12.0. The average Bonchev–Trinajstić information content (AvgIpc) is 2.37. The van der Waals surface area contributed by atoms with Crippen molar-refractivity contribution in [3.05, 3.63) is 0 Å². The molecule has 124 valence electrons. The van der Waals surface area contributed by atoms with Gasteiger partial charge in [0.15, 0.2) is 0 Å². The fraction of sp³-hybridized carbons (Fsp3) is 0.900. The van der Waals surface area contributed by atoms with Gasteiger partial charge in [0, 0.05) is 32.7 Å². The van der Waals surface area contributed by atoms with E-state index >= 15 is 0 Å². The second kappa shape index (κ2) is 7.38. The Morgan fingerprint density at radius 1 is 1.14 bits per heavy atom. The van der Waals surface area contributed by atoms with Crippen LogP contribution in [-0.4, -0.2) is 83.5 Å². The third kappa shape index (κ3) is 6.16. The zero-order valence-electron chi connectivity index (χ0n) is 12.1. The van der Waals surface area contributed by atoms with Crippen molar-refractivity contribution in [1.29, 1.82) is 0 Å². The molecule has 1 aliphatic heterocycles. The average molecular weight is 343 g/mol. The molecule has 0 aromatic carbocycles. The molecule has 0 aromatic rings. The van der Waals surface area contributed by atoms with Gasteiger partial charge >= 0.3 is 6.09 Å². The van der Waals surface area contributed by atoms with Crippen molar-refractivity contribution < 1.29 is 26.4 Å². The van der Waals surface area contributed by atoms with Crippen LogP contribution in [0.15, 0.2) is 0 Å². The number of sulfonamides is 2. The summed E-state index contributed by atoms with van der Waals surface area (Å²) in [6.45, 7) is 2.69. The van der Waals surface area contributed by atoms with Gasteiger partial charge in [-0.1, -0.05) is 0 Å². The molecule has 1 saturated heterocycles. The number of hydrogen-bond acceptors (Lipinski definition) is 6. The van der Waals surface area contributed by atoms with Gasteiger partial charge in [0.25, 0.3) is 0 Å². The lowest BCUT2D eigenvalue weighted by molar-refractivity contribution is 0.0934. The van der Waals surface area contributed by atoms with Gasteiger partial charge in [0.1, 0.15) is 0 Å². The predicted octanol–water partition coefficient (Wildman–Crippen LogP) is -1.36. The van der Waals surface area contributed by atoms with Gasteiger partial charge < -0.3 is 9.64 Å². The third-order valence-electron chi connectivity index (χ3n) is 2.88. The molecular weight excluding hydrogens is 322 g/mol. The van der Waals surface area contributed by atoms with Crippen LogP contribution in [0.2, 0.25) is 0 Å². The Bertz CT molecular complexity index is 551. The highest BCUT2D eigenvalue weighted by Crippen LogP contribution is 2.09. The minimum atomic E-state index is -3.54. The zero-order chi connectivity index (χ0) is 16.1. The van der Waals surface area contributed by atoms with E-state index in [1.165, 1.54) is 9.21 Å². The van der Waals surface area contributed by atoms with Gasteiger partial charge in [0.05, 0.1) is 18.6 Å². The molecule has 0 radical (unpaired) electrons. The quantitative estimate of drug-likeness (QED) is 0.637. The van der Waals surface area contributed by atoms with Gasteiger partial charge in [0.2, 0.25) is 20.0 Å². The highest BCUT2D eigenvalue weighted by Gasteiger charge is 2.29.